The average molecular weight is 241 g/mol. The quantitative estimate of drug-likeness (QED) is 0.775. The number of rotatable bonds is 4. The lowest BCUT2D eigenvalue weighted by molar-refractivity contribution is -0.127. The molecule has 1 unspecified atom stereocenters. The molecule has 0 aromatic heterocycles. The van der Waals surface area contributed by atoms with Crippen LogP contribution in [-0.2, 0) is 4.79 Å². The molecule has 0 aromatic carbocycles. The topological polar surface area (TPSA) is 58.4 Å². The summed E-state index contributed by atoms with van der Waals surface area (Å²) < 4.78 is 0. The van der Waals surface area contributed by atoms with Crippen molar-refractivity contribution in [3.63, 3.8) is 0 Å². The largest absolute Gasteiger partial charge is 0.349 e. The van der Waals surface area contributed by atoms with Crippen LogP contribution >= 0.6 is 0 Å². The first-order valence-corrected chi connectivity index (χ1v) is 6.72. The maximum Gasteiger partial charge on any atom is 0.237 e. The minimum Gasteiger partial charge on any atom is -0.349 e. The Labute approximate surface area is 105 Å². The van der Waals surface area contributed by atoms with E-state index in [9.17, 15) is 4.79 Å². The molecule has 4 nitrogen and oxygen atoms in total. The molecular weight excluding hydrogens is 214 g/mol. The molecule has 17 heavy (non-hydrogen) atoms. The molecule has 1 aliphatic heterocycles. The Morgan fingerprint density at radius 2 is 1.82 bits per heavy atom. The van der Waals surface area contributed by atoms with E-state index in [1.807, 2.05) is 20.8 Å². The summed E-state index contributed by atoms with van der Waals surface area (Å²) in [6.07, 6.45) is 4.99. The molecule has 0 bridgehead atoms. The van der Waals surface area contributed by atoms with Gasteiger partial charge in [0.2, 0.25) is 5.91 Å². The van der Waals surface area contributed by atoms with Crippen LogP contribution in [0.15, 0.2) is 0 Å². The minimum atomic E-state index is -0.308. The Balaban J connectivity index is 2.50. The third-order valence-electron chi connectivity index (χ3n) is 3.54. The van der Waals surface area contributed by atoms with Crippen molar-refractivity contribution in [1.82, 2.24) is 10.2 Å². The Morgan fingerprint density at radius 3 is 2.29 bits per heavy atom. The lowest BCUT2D eigenvalue weighted by atomic mass is 10.1. The molecule has 1 fully saturated rings. The van der Waals surface area contributed by atoms with Crippen molar-refractivity contribution in [1.29, 1.82) is 0 Å². The van der Waals surface area contributed by atoms with Crippen LogP contribution in [0, 0.1) is 0 Å². The molecule has 0 spiro atoms. The fraction of sp³-hybridized carbons (Fsp3) is 0.923. The summed E-state index contributed by atoms with van der Waals surface area (Å²) in [5, 5.41) is 3.02. The Hall–Kier alpha value is -0.610. The molecule has 3 N–H and O–H groups in total. The molecule has 0 aliphatic carbocycles. The monoisotopic (exact) mass is 241 g/mol. The van der Waals surface area contributed by atoms with Gasteiger partial charge in [-0.2, -0.15) is 0 Å². The first-order valence-electron chi connectivity index (χ1n) is 6.72. The second kappa shape index (κ2) is 6.36. The van der Waals surface area contributed by atoms with E-state index in [-0.39, 0.29) is 17.5 Å². The molecule has 1 amide bonds. The second-order valence-electron chi connectivity index (χ2n) is 5.70. The maximum atomic E-state index is 12.1. The van der Waals surface area contributed by atoms with Crippen LogP contribution in [0.2, 0.25) is 0 Å². The fourth-order valence-electron chi connectivity index (χ4n) is 2.14. The van der Waals surface area contributed by atoms with Crippen LogP contribution in [0.1, 0.15) is 46.5 Å². The van der Waals surface area contributed by atoms with E-state index in [1.165, 1.54) is 25.7 Å². The molecule has 4 heteroatoms. The normalized spacial score (nSPS) is 20.7. The van der Waals surface area contributed by atoms with Gasteiger partial charge in [0.05, 0.1) is 6.04 Å². The lowest BCUT2D eigenvalue weighted by Gasteiger charge is -2.31. The SMILES string of the molecule is CC(C(=O)NC(C)(C)CN)N1CCCCCC1. The summed E-state index contributed by atoms with van der Waals surface area (Å²) in [5.41, 5.74) is 5.32. The summed E-state index contributed by atoms with van der Waals surface area (Å²) in [7, 11) is 0. The second-order valence-corrected chi connectivity index (χ2v) is 5.70. The zero-order valence-corrected chi connectivity index (χ0v) is 11.5. The molecule has 0 saturated carbocycles. The Kier molecular flexibility index (Phi) is 5.40. The number of nitrogens with one attached hydrogen (secondary N) is 1. The van der Waals surface area contributed by atoms with E-state index in [0.29, 0.717) is 6.54 Å². The minimum absolute atomic E-state index is 0.0427. The number of hydrogen-bond donors (Lipinski definition) is 2. The van der Waals surface area contributed by atoms with Crippen molar-refractivity contribution < 1.29 is 4.79 Å². The van der Waals surface area contributed by atoms with E-state index in [1.54, 1.807) is 0 Å². The van der Waals surface area contributed by atoms with Crippen LogP contribution in [0.5, 0.6) is 0 Å². The van der Waals surface area contributed by atoms with Gasteiger partial charge >= 0.3 is 0 Å². The highest BCUT2D eigenvalue weighted by Crippen LogP contribution is 2.13. The van der Waals surface area contributed by atoms with Crippen molar-refractivity contribution in [2.75, 3.05) is 19.6 Å². The van der Waals surface area contributed by atoms with Gasteiger partial charge in [0, 0.05) is 12.1 Å². The molecule has 1 heterocycles. The molecule has 0 aromatic rings. The summed E-state index contributed by atoms with van der Waals surface area (Å²) in [6.45, 7) is 8.45. The van der Waals surface area contributed by atoms with Crippen LogP contribution < -0.4 is 11.1 Å². The van der Waals surface area contributed by atoms with Gasteiger partial charge in [-0.1, -0.05) is 12.8 Å². The van der Waals surface area contributed by atoms with E-state index in [2.05, 4.69) is 10.2 Å². The highest BCUT2D eigenvalue weighted by molar-refractivity contribution is 5.82. The van der Waals surface area contributed by atoms with Crippen molar-refractivity contribution in [3.05, 3.63) is 0 Å². The van der Waals surface area contributed by atoms with Crippen LogP contribution in [0.4, 0.5) is 0 Å². The first kappa shape index (κ1) is 14.5. The molecule has 100 valence electrons. The van der Waals surface area contributed by atoms with Gasteiger partial charge in [0.15, 0.2) is 0 Å². The van der Waals surface area contributed by atoms with E-state index < -0.39 is 0 Å². The predicted octanol–water partition coefficient (Wildman–Crippen LogP) is 1.10. The van der Waals surface area contributed by atoms with Gasteiger partial charge in [-0.15, -0.1) is 0 Å². The molecule has 0 radical (unpaired) electrons. The number of carbonyl (C=O) groups is 1. The fourth-order valence-corrected chi connectivity index (χ4v) is 2.14. The number of hydrogen-bond acceptors (Lipinski definition) is 3. The highest BCUT2D eigenvalue weighted by Gasteiger charge is 2.26. The zero-order valence-electron chi connectivity index (χ0n) is 11.5. The summed E-state index contributed by atoms with van der Waals surface area (Å²) in [6, 6.07) is -0.0427. The smallest absolute Gasteiger partial charge is 0.237 e. The number of likely N-dealkylation sites (tertiary alicyclic amines) is 1. The van der Waals surface area contributed by atoms with Crippen LogP contribution in [-0.4, -0.2) is 42.0 Å². The van der Waals surface area contributed by atoms with Gasteiger partial charge in [0.1, 0.15) is 0 Å². The van der Waals surface area contributed by atoms with Gasteiger partial charge in [-0.25, -0.2) is 0 Å². The number of amides is 1. The molecule has 1 aliphatic rings. The van der Waals surface area contributed by atoms with Gasteiger partial charge in [-0.3, -0.25) is 9.69 Å². The van der Waals surface area contributed by atoms with Crippen molar-refractivity contribution in [2.24, 2.45) is 5.73 Å². The number of carbonyl (C=O) groups excluding carboxylic acids is 1. The third kappa shape index (κ3) is 4.64. The standard InChI is InChI=1S/C13H27N3O/c1-11(12(17)15-13(2,3)10-14)16-8-6-4-5-7-9-16/h11H,4-10,14H2,1-3H3,(H,15,17). The molecule has 1 rings (SSSR count). The zero-order chi connectivity index (χ0) is 12.9. The lowest BCUT2D eigenvalue weighted by Crippen LogP contribution is -2.55. The average Bonchev–Trinajstić information content (AvgIpc) is 2.56. The van der Waals surface area contributed by atoms with E-state index >= 15 is 0 Å². The Morgan fingerprint density at radius 1 is 1.29 bits per heavy atom. The third-order valence-corrected chi connectivity index (χ3v) is 3.54. The van der Waals surface area contributed by atoms with E-state index in [0.717, 1.165) is 13.1 Å². The molecule has 1 atom stereocenters. The van der Waals surface area contributed by atoms with Crippen molar-refractivity contribution in [3.8, 4) is 0 Å². The number of nitrogens with two attached hydrogens (primary N) is 1. The maximum absolute atomic E-state index is 12.1. The molecule has 1 saturated heterocycles. The highest BCUT2D eigenvalue weighted by atomic mass is 16.2. The first-order chi connectivity index (χ1) is 7.96. The Bertz CT molecular complexity index is 245. The molecular formula is C13H27N3O. The number of nitrogens with zero attached hydrogens (tertiary/aromatic N) is 1. The van der Waals surface area contributed by atoms with Gasteiger partial charge < -0.3 is 11.1 Å². The van der Waals surface area contributed by atoms with Crippen LogP contribution in [0.25, 0.3) is 0 Å². The van der Waals surface area contributed by atoms with Gasteiger partial charge in [-0.05, 0) is 46.7 Å². The summed E-state index contributed by atoms with van der Waals surface area (Å²) in [5.74, 6) is 0.0994. The van der Waals surface area contributed by atoms with Crippen molar-refractivity contribution in [2.45, 2.75) is 58.0 Å². The summed E-state index contributed by atoms with van der Waals surface area (Å²) in [4.78, 5) is 14.4. The van der Waals surface area contributed by atoms with E-state index in [4.69, 9.17) is 5.73 Å². The van der Waals surface area contributed by atoms with Crippen LogP contribution in [0.3, 0.4) is 0 Å². The van der Waals surface area contributed by atoms with Gasteiger partial charge in [0.25, 0.3) is 0 Å². The predicted molar refractivity (Wildman–Crippen MR) is 70.8 cm³/mol. The van der Waals surface area contributed by atoms with Crippen molar-refractivity contribution >= 4 is 5.91 Å². The summed E-state index contributed by atoms with van der Waals surface area (Å²) >= 11 is 0.